The molecule has 17 heavy (non-hydrogen) atoms. The molecule has 3 heteroatoms. The summed E-state index contributed by atoms with van der Waals surface area (Å²) in [6, 6.07) is 8.32. The van der Waals surface area contributed by atoms with Crippen molar-refractivity contribution in [1.29, 1.82) is 0 Å². The minimum atomic E-state index is -0.00688. The normalized spacial score (nSPS) is 12.2. The minimum Gasteiger partial charge on any atom is -0.395 e. The Kier molecular flexibility index (Phi) is 5.70. The van der Waals surface area contributed by atoms with Gasteiger partial charge in [0.15, 0.2) is 0 Å². The number of amides is 1. The molecule has 3 nitrogen and oxygen atoms in total. The van der Waals surface area contributed by atoms with Crippen molar-refractivity contribution in [3.63, 3.8) is 0 Å². The van der Waals surface area contributed by atoms with Crippen molar-refractivity contribution < 1.29 is 9.90 Å². The monoisotopic (exact) mass is 235 g/mol. The molecule has 0 saturated heterocycles. The highest BCUT2D eigenvalue weighted by atomic mass is 16.3. The fraction of sp³-hybridized carbons (Fsp3) is 0.500. The summed E-state index contributed by atoms with van der Waals surface area (Å²) < 4.78 is 0. The largest absolute Gasteiger partial charge is 0.395 e. The van der Waals surface area contributed by atoms with Crippen LogP contribution in [-0.2, 0) is 4.79 Å². The molecule has 1 amide bonds. The highest BCUT2D eigenvalue weighted by molar-refractivity contribution is 5.76. The smallest absolute Gasteiger partial charge is 0.220 e. The molecule has 0 saturated carbocycles. The molecule has 1 unspecified atom stereocenters. The summed E-state index contributed by atoms with van der Waals surface area (Å²) in [5.41, 5.74) is 2.44. The van der Waals surface area contributed by atoms with Gasteiger partial charge in [-0.1, -0.05) is 36.8 Å². The van der Waals surface area contributed by atoms with Crippen molar-refractivity contribution in [1.82, 2.24) is 5.32 Å². The maximum atomic E-state index is 11.6. The lowest BCUT2D eigenvalue weighted by Gasteiger charge is -2.15. The molecule has 0 aliphatic heterocycles. The van der Waals surface area contributed by atoms with E-state index in [4.69, 9.17) is 5.11 Å². The Morgan fingerprint density at radius 2 is 2.00 bits per heavy atom. The zero-order valence-corrected chi connectivity index (χ0v) is 10.6. The Hall–Kier alpha value is -1.35. The number of benzene rings is 1. The van der Waals surface area contributed by atoms with Gasteiger partial charge >= 0.3 is 0 Å². The second kappa shape index (κ2) is 7.07. The van der Waals surface area contributed by atoms with Gasteiger partial charge in [0, 0.05) is 13.0 Å². The zero-order valence-electron chi connectivity index (χ0n) is 10.6. The van der Waals surface area contributed by atoms with Crippen LogP contribution in [0.15, 0.2) is 24.3 Å². The van der Waals surface area contributed by atoms with Crippen LogP contribution in [0.3, 0.4) is 0 Å². The summed E-state index contributed by atoms with van der Waals surface area (Å²) in [6.45, 7) is 4.47. The third-order valence-corrected chi connectivity index (χ3v) is 2.91. The van der Waals surface area contributed by atoms with Crippen molar-refractivity contribution in [2.75, 3.05) is 13.2 Å². The number of nitrogens with one attached hydrogen (secondary N) is 1. The van der Waals surface area contributed by atoms with Crippen molar-refractivity contribution in [2.45, 2.75) is 32.6 Å². The summed E-state index contributed by atoms with van der Waals surface area (Å²) in [7, 11) is 0. The number of rotatable bonds is 6. The van der Waals surface area contributed by atoms with Crippen LogP contribution in [0.5, 0.6) is 0 Å². The number of carbonyl (C=O) groups is 1. The van der Waals surface area contributed by atoms with Gasteiger partial charge in [0.05, 0.1) is 6.61 Å². The summed E-state index contributed by atoms with van der Waals surface area (Å²) in [5.74, 6) is 0.265. The summed E-state index contributed by atoms with van der Waals surface area (Å²) in [4.78, 5) is 11.6. The van der Waals surface area contributed by atoms with E-state index in [0.29, 0.717) is 13.0 Å². The Labute approximate surface area is 103 Å². The fourth-order valence-corrected chi connectivity index (χ4v) is 1.83. The standard InChI is InChI=1S/C14H21NO2/c1-3-12(10-14(17)15-8-9-16)13-6-4-11(2)5-7-13/h4-7,12,16H,3,8-10H2,1-2H3,(H,15,17). The van der Waals surface area contributed by atoms with Crippen LogP contribution in [0.25, 0.3) is 0 Å². The van der Waals surface area contributed by atoms with E-state index < -0.39 is 0 Å². The lowest BCUT2D eigenvalue weighted by molar-refractivity contribution is -0.121. The molecule has 1 aromatic rings. The quantitative estimate of drug-likeness (QED) is 0.792. The molecule has 0 fully saturated rings. The van der Waals surface area contributed by atoms with Crippen LogP contribution >= 0.6 is 0 Å². The molecule has 0 aliphatic carbocycles. The van der Waals surface area contributed by atoms with E-state index in [1.54, 1.807) is 0 Å². The van der Waals surface area contributed by atoms with Gasteiger partial charge < -0.3 is 10.4 Å². The van der Waals surface area contributed by atoms with Crippen molar-refractivity contribution >= 4 is 5.91 Å². The van der Waals surface area contributed by atoms with Gasteiger partial charge in [-0.05, 0) is 24.8 Å². The third-order valence-electron chi connectivity index (χ3n) is 2.91. The SMILES string of the molecule is CCC(CC(=O)NCCO)c1ccc(C)cc1. The summed E-state index contributed by atoms with van der Waals surface area (Å²) >= 11 is 0. The minimum absolute atomic E-state index is 0.00600. The van der Waals surface area contributed by atoms with Crippen LogP contribution in [0.2, 0.25) is 0 Å². The van der Waals surface area contributed by atoms with Crippen molar-refractivity contribution in [2.24, 2.45) is 0 Å². The Morgan fingerprint density at radius 3 is 2.53 bits per heavy atom. The highest BCUT2D eigenvalue weighted by Crippen LogP contribution is 2.23. The van der Waals surface area contributed by atoms with Crippen LogP contribution in [-0.4, -0.2) is 24.2 Å². The molecule has 94 valence electrons. The van der Waals surface area contributed by atoms with Gasteiger partial charge in [-0.25, -0.2) is 0 Å². The van der Waals surface area contributed by atoms with Crippen molar-refractivity contribution in [3.05, 3.63) is 35.4 Å². The van der Waals surface area contributed by atoms with E-state index in [9.17, 15) is 4.79 Å². The predicted octanol–water partition coefficient (Wildman–Crippen LogP) is 1.99. The molecule has 0 radical (unpaired) electrons. The van der Waals surface area contributed by atoms with Crippen LogP contribution in [0.1, 0.15) is 36.8 Å². The zero-order chi connectivity index (χ0) is 12.7. The molecule has 0 aromatic heterocycles. The van der Waals surface area contributed by atoms with Gasteiger partial charge in [-0.2, -0.15) is 0 Å². The maximum Gasteiger partial charge on any atom is 0.220 e. The molecular weight excluding hydrogens is 214 g/mol. The van der Waals surface area contributed by atoms with E-state index in [1.165, 1.54) is 11.1 Å². The number of carbonyl (C=O) groups excluding carboxylic acids is 1. The number of hydrogen-bond acceptors (Lipinski definition) is 2. The number of hydrogen-bond donors (Lipinski definition) is 2. The van der Waals surface area contributed by atoms with E-state index >= 15 is 0 Å². The first-order chi connectivity index (χ1) is 8.17. The fourth-order valence-electron chi connectivity index (χ4n) is 1.83. The molecule has 0 aliphatic rings. The van der Waals surface area contributed by atoms with Crippen LogP contribution in [0.4, 0.5) is 0 Å². The molecule has 1 aromatic carbocycles. The average molecular weight is 235 g/mol. The van der Waals surface area contributed by atoms with Gasteiger partial charge in [0.2, 0.25) is 5.91 Å². The maximum absolute atomic E-state index is 11.6. The first-order valence-corrected chi connectivity index (χ1v) is 6.11. The number of aliphatic hydroxyl groups excluding tert-OH is 1. The van der Waals surface area contributed by atoms with Crippen LogP contribution in [0, 0.1) is 6.92 Å². The van der Waals surface area contributed by atoms with E-state index in [1.807, 2.05) is 0 Å². The first kappa shape index (κ1) is 13.7. The Bertz CT molecular complexity index is 346. The molecule has 0 spiro atoms. The topological polar surface area (TPSA) is 49.3 Å². The highest BCUT2D eigenvalue weighted by Gasteiger charge is 2.13. The Morgan fingerprint density at radius 1 is 1.35 bits per heavy atom. The lowest BCUT2D eigenvalue weighted by Crippen LogP contribution is -2.27. The molecular formula is C14H21NO2. The lowest BCUT2D eigenvalue weighted by atomic mass is 9.92. The van der Waals surface area contributed by atoms with Gasteiger partial charge in [0.1, 0.15) is 0 Å². The molecule has 1 rings (SSSR count). The second-order valence-corrected chi connectivity index (χ2v) is 4.29. The number of aryl methyl sites for hydroxylation is 1. The average Bonchev–Trinajstić information content (AvgIpc) is 2.34. The first-order valence-electron chi connectivity index (χ1n) is 6.11. The summed E-state index contributed by atoms with van der Waals surface area (Å²) in [6.07, 6.45) is 1.43. The molecule has 2 N–H and O–H groups in total. The second-order valence-electron chi connectivity index (χ2n) is 4.29. The van der Waals surface area contributed by atoms with Gasteiger partial charge in [0.25, 0.3) is 0 Å². The van der Waals surface area contributed by atoms with E-state index in [0.717, 1.165) is 6.42 Å². The van der Waals surface area contributed by atoms with Gasteiger partial charge in [-0.3, -0.25) is 4.79 Å². The summed E-state index contributed by atoms with van der Waals surface area (Å²) in [5, 5.41) is 11.3. The molecule has 0 bridgehead atoms. The van der Waals surface area contributed by atoms with E-state index in [-0.39, 0.29) is 18.4 Å². The molecule has 0 heterocycles. The van der Waals surface area contributed by atoms with Gasteiger partial charge in [-0.15, -0.1) is 0 Å². The third kappa shape index (κ3) is 4.57. The predicted molar refractivity (Wildman–Crippen MR) is 68.9 cm³/mol. The molecule has 1 atom stereocenters. The van der Waals surface area contributed by atoms with Crippen LogP contribution < -0.4 is 5.32 Å². The van der Waals surface area contributed by atoms with E-state index in [2.05, 4.69) is 43.4 Å². The van der Waals surface area contributed by atoms with Crippen molar-refractivity contribution in [3.8, 4) is 0 Å². The number of aliphatic hydroxyl groups is 1. The Balaban J connectivity index is 2.59.